The summed E-state index contributed by atoms with van der Waals surface area (Å²) in [5, 5.41) is 3.12. The van der Waals surface area contributed by atoms with E-state index in [-0.39, 0.29) is 11.6 Å². The standard InChI is InChI=1S/C17H27N3O3S/c1-13-18-15(11-24-13)10-22-9-14-5-4-6-17(14)12-20(7-8-23-17)16(21)19(2)3/h11,14H,4-10,12H2,1-3H3/t14-,17+/m0/s1. The van der Waals surface area contributed by atoms with Crippen molar-refractivity contribution in [3.05, 3.63) is 16.1 Å². The van der Waals surface area contributed by atoms with Crippen LogP contribution in [0.5, 0.6) is 0 Å². The van der Waals surface area contributed by atoms with Gasteiger partial charge in [0.05, 0.1) is 42.7 Å². The van der Waals surface area contributed by atoms with Crippen LogP contribution in [-0.2, 0) is 16.1 Å². The van der Waals surface area contributed by atoms with Crippen LogP contribution in [0.15, 0.2) is 5.38 Å². The molecule has 2 heterocycles. The lowest BCUT2D eigenvalue weighted by atomic mass is 9.89. The number of nitrogens with zero attached hydrogens (tertiary/aromatic N) is 3. The van der Waals surface area contributed by atoms with E-state index in [1.165, 1.54) is 0 Å². The monoisotopic (exact) mass is 353 g/mol. The maximum absolute atomic E-state index is 12.3. The van der Waals surface area contributed by atoms with Crippen LogP contribution in [0.3, 0.4) is 0 Å². The minimum Gasteiger partial charge on any atom is -0.375 e. The molecule has 6 nitrogen and oxygen atoms in total. The average molecular weight is 353 g/mol. The van der Waals surface area contributed by atoms with Crippen LogP contribution in [0.25, 0.3) is 0 Å². The summed E-state index contributed by atoms with van der Waals surface area (Å²) in [7, 11) is 3.60. The molecule has 1 aliphatic heterocycles. The number of urea groups is 1. The van der Waals surface area contributed by atoms with Crippen LogP contribution < -0.4 is 0 Å². The van der Waals surface area contributed by atoms with E-state index in [0.717, 1.165) is 30.0 Å². The van der Waals surface area contributed by atoms with Gasteiger partial charge in [0.1, 0.15) is 0 Å². The highest BCUT2D eigenvalue weighted by Gasteiger charge is 2.48. The van der Waals surface area contributed by atoms with Gasteiger partial charge < -0.3 is 19.3 Å². The summed E-state index contributed by atoms with van der Waals surface area (Å²) in [5.41, 5.74) is 0.764. The number of aromatic nitrogens is 1. The smallest absolute Gasteiger partial charge is 0.319 e. The van der Waals surface area contributed by atoms with Crippen molar-refractivity contribution in [2.75, 3.05) is 40.4 Å². The summed E-state index contributed by atoms with van der Waals surface area (Å²) in [5.74, 6) is 0.343. The Hall–Kier alpha value is -1.18. The van der Waals surface area contributed by atoms with Crippen LogP contribution in [0.2, 0.25) is 0 Å². The minimum absolute atomic E-state index is 0.0715. The minimum atomic E-state index is -0.234. The third kappa shape index (κ3) is 3.73. The third-order valence-electron chi connectivity index (χ3n) is 4.99. The van der Waals surface area contributed by atoms with Crippen LogP contribution in [0.4, 0.5) is 4.79 Å². The molecule has 1 aromatic heterocycles. The van der Waals surface area contributed by atoms with Crippen molar-refractivity contribution in [1.82, 2.24) is 14.8 Å². The zero-order valence-electron chi connectivity index (χ0n) is 14.8. The van der Waals surface area contributed by atoms with Crippen molar-refractivity contribution in [1.29, 1.82) is 0 Å². The van der Waals surface area contributed by atoms with Crippen molar-refractivity contribution in [2.45, 2.75) is 38.4 Å². The number of carbonyl (C=O) groups is 1. The largest absolute Gasteiger partial charge is 0.375 e. The second-order valence-corrected chi connectivity index (χ2v) is 8.04. The van der Waals surface area contributed by atoms with Crippen LogP contribution in [-0.4, -0.2) is 66.8 Å². The molecule has 134 valence electrons. The van der Waals surface area contributed by atoms with E-state index in [4.69, 9.17) is 9.47 Å². The molecule has 2 atom stereocenters. The molecular formula is C17H27N3O3S. The number of carbonyl (C=O) groups excluding carboxylic acids is 1. The number of amides is 2. The first-order valence-corrected chi connectivity index (χ1v) is 9.47. The summed E-state index contributed by atoms with van der Waals surface area (Å²) in [6.07, 6.45) is 3.24. The second kappa shape index (κ2) is 7.37. The number of hydrogen-bond donors (Lipinski definition) is 0. The van der Waals surface area contributed by atoms with Gasteiger partial charge in [0.2, 0.25) is 0 Å². The highest BCUT2D eigenvalue weighted by Crippen LogP contribution is 2.41. The summed E-state index contributed by atoms with van der Waals surface area (Å²) in [6.45, 7) is 5.18. The highest BCUT2D eigenvalue weighted by atomic mass is 32.1. The van der Waals surface area contributed by atoms with Crippen molar-refractivity contribution in [3.8, 4) is 0 Å². The Morgan fingerprint density at radius 2 is 2.42 bits per heavy atom. The van der Waals surface area contributed by atoms with E-state index in [1.807, 2.05) is 17.2 Å². The number of aryl methyl sites for hydroxylation is 1. The van der Waals surface area contributed by atoms with E-state index < -0.39 is 0 Å². The van der Waals surface area contributed by atoms with Gasteiger partial charge in [-0.3, -0.25) is 0 Å². The van der Waals surface area contributed by atoms with Gasteiger partial charge in [-0.1, -0.05) is 6.42 Å². The zero-order chi connectivity index (χ0) is 17.2. The van der Waals surface area contributed by atoms with Gasteiger partial charge in [-0.25, -0.2) is 9.78 Å². The summed E-state index contributed by atoms with van der Waals surface area (Å²) < 4.78 is 12.1. The van der Waals surface area contributed by atoms with Crippen molar-refractivity contribution < 1.29 is 14.3 Å². The van der Waals surface area contributed by atoms with Gasteiger partial charge in [-0.15, -0.1) is 11.3 Å². The second-order valence-electron chi connectivity index (χ2n) is 6.97. The van der Waals surface area contributed by atoms with Gasteiger partial charge in [0.25, 0.3) is 0 Å². The van der Waals surface area contributed by atoms with Gasteiger partial charge in [-0.2, -0.15) is 0 Å². The fraction of sp³-hybridized carbons (Fsp3) is 0.765. The van der Waals surface area contributed by atoms with Crippen molar-refractivity contribution in [2.24, 2.45) is 5.92 Å². The predicted octanol–water partition coefficient (Wildman–Crippen LogP) is 2.52. The fourth-order valence-corrected chi connectivity index (χ4v) is 4.38. The third-order valence-corrected chi connectivity index (χ3v) is 5.82. The highest BCUT2D eigenvalue weighted by molar-refractivity contribution is 7.09. The normalized spacial score (nSPS) is 27.0. The summed E-state index contributed by atoms with van der Waals surface area (Å²) in [6, 6.07) is 0.0715. The predicted molar refractivity (Wildman–Crippen MR) is 93.2 cm³/mol. The number of ether oxygens (including phenoxy) is 2. The molecule has 1 saturated heterocycles. The Kier molecular flexibility index (Phi) is 5.42. The Bertz CT molecular complexity index is 577. The number of hydrogen-bond acceptors (Lipinski definition) is 5. The van der Waals surface area contributed by atoms with Gasteiger partial charge in [0, 0.05) is 31.9 Å². The van der Waals surface area contributed by atoms with Crippen LogP contribution in [0, 0.1) is 12.8 Å². The average Bonchev–Trinajstić information content (AvgIpc) is 3.14. The van der Waals surface area contributed by atoms with Crippen molar-refractivity contribution >= 4 is 17.4 Å². The Labute approximate surface area is 147 Å². The lowest BCUT2D eigenvalue weighted by Gasteiger charge is -2.44. The Morgan fingerprint density at radius 3 is 3.12 bits per heavy atom. The number of rotatable bonds is 4. The molecule has 1 aliphatic carbocycles. The molecule has 3 rings (SSSR count). The van der Waals surface area contributed by atoms with Gasteiger partial charge in [-0.05, 0) is 19.8 Å². The van der Waals surface area contributed by atoms with Gasteiger partial charge in [0.15, 0.2) is 0 Å². The quantitative estimate of drug-likeness (QED) is 0.835. The molecule has 0 bridgehead atoms. The SMILES string of the molecule is Cc1nc(COC[C@@H]2CCC[C@@]23CN(C(=O)N(C)C)CCO3)cs1. The molecular weight excluding hydrogens is 326 g/mol. The van der Waals surface area contributed by atoms with E-state index in [9.17, 15) is 4.79 Å². The Balaban J connectivity index is 1.58. The molecule has 1 saturated carbocycles. The molecule has 2 amide bonds. The molecule has 2 fully saturated rings. The number of morpholine rings is 1. The van der Waals surface area contributed by atoms with E-state index >= 15 is 0 Å². The maximum atomic E-state index is 12.3. The molecule has 24 heavy (non-hydrogen) atoms. The van der Waals surface area contributed by atoms with E-state index in [2.05, 4.69) is 4.98 Å². The Morgan fingerprint density at radius 1 is 1.58 bits per heavy atom. The molecule has 7 heteroatoms. The topological polar surface area (TPSA) is 54.9 Å². The van der Waals surface area contributed by atoms with Crippen LogP contribution in [0.1, 0.15) is 30.0 Å². The van der Waals surface area contributed by atoms with Crippen molar-refractivity contribution in [3.63, 3.8) is 0 Å². The molecule has 1 spiro atoms. The first-order chi connectivity index (χ1) is 11.5. The van der Waals surface area contributed by atoms with E-state index in [0.29, 0.717) is 38.8 Å². The first-order valence-electron chi connectivity index (χ1n) is 8.59. The molecule has 1 aromatic rings. The zero-order valence-corrected chi connectivity index (χ0v) is 15.6. The molecule has 0 N–H and O–H groups in total. The molecule has 0 radical (unpaired) electrons. The summed E-state index contributed by atoms with van der Waals surface area (Å²) in [4.78, 5) is 20.3. The number of thiazole rings is 1. The lowest BCUT2D eigenvalue weighted by molar-refractivity contribution is -0.134. The van der Waals surface area contributed by atoms with Crippen LogP contribution >= 0.6 is 11.3 Å². The fourth-order valence-electron chi connectivity index (χ4n) is 3.78. The lowest BCUT2D eigenvalue weighted by Crippen LogP contribution is -2.57. The molecule has 0 unspecified atom stereocenters. The van der Waals surface area contributed by atoms with E-state index in [1.54, 1.807) is 30.3 Å². The molecule has 0 aromatic carbocycles. The van der Waals surface area contributed by atoms with Gasteiger partial charge >= 0.3 is 6.03 Å². The molecule has 2 aliphatic rings. The maximum Gasteiger partial charge on any atom is 0.319 e. The summed E-state index contributed by atoms with van der Waals surface area (Å²) >= 11 is 1.65. The first kappa shape index (κ1) is 17.6.